The molecular weight excluding hydrogens is 306 g/mol. The zero-order valence-electron chi connectivity index (χ0n) is 12.2. The third-order valence-electron chi connectivity index (χ3n) is 3.30. The molecule has 0 radical (unpaired) electrons. The summed E-state index contributed by atoms with van der Waals surface area (Å²) >= 11 is 0. The minimum absolute atomic E-state index is 0.0955. The lowest BCUT2D eigenvalue weighted by molar-refractivity contribution is -0.385. The molecule has 122 valence electrons. The maximum atomic E-state index is 12.1. The lowest BCUT2D eigenvalue weighted by Gasteiger charge is -2.26. The molecule has 2 aromatic heterocycles. The molecule has 1 saturated heterocycles. The number of hydrogen-bond donors (Lipinski definition) is 1. The number of amides is 1. The summed E-state index contributed by atoms with van der Waals surface area (Å²) in [4.78, 5) is 22.2. The van der Waals surface area contributed by atoms with Crippen LogP contribution < -0.4 is 5.43 Å². The second kappa shape index (κ2) is 6.58. The van der Waals surface area contributed by atoms with Crippen LogP contribution in [0.5, 0.6) is 0 Å². The van der Waals surface area contributed by atoms with Crippen molar-refractivity contribution in [1.29, 1.82) is 0 Å². The molecule has 2 aromatic rings. The SMILES string of the molecule is O=C(NN1CCOCC1)c1ccc(Cn2cc([N+](=O)[O-])cn2)o1. The van der Waals surface area contributed by atoms with Gasteiger partial charge in [-0.1, -0.05) is 0 Å². The summed E-state index contributed by atoms with van der Waals surface area (Å²) in [6.45, 7) is 2.59. The lowest BCUT2D eigenvalue weighted by atomic mass is 10.4. The maximum absolute atomic E-state index is 12.1. The fourth-order valence-corrected chi connectivity index (χ4v) is 2.15. The first kappa shape index (κ1) is 15.2. The molecule has 0 bridgehead atoms. The largest absolute Gasteiger partial charge is 0.454 e. The van der Waals surface area contributed by atoms with Crippen molar-refractivity contribution in [2.24, 2.45) is 0 Å². The molecular formula is C13H15N5O5. The molecule has 0 saturated carbocycles. The molecule has 0 aliphatic carbocycles. The van der Waals surface area contributed by atoms with Gasteiger partial charge in [-0.2, -0.15) is 5.10 Å². The number of nitrogens with one attached hydrogen (secondary N) is 1. The highest BCUT2D eigenvalue weighted by Gasteiger charge is 2.17. The zero-order valence-corrected chi connectivity index (χ0v) is 12.2. The van der Waals surface area contributed by atoms with Crippen molar-refractivity contribution in [2.75, 3.05) is 26.3 Å². The molecule has 1 N–H and O–H groups in total. The first-order valence-corrected chi connectivity index (χ1v) is 7.01. The third kappa shape index (κ3) is 3.73. The Balaban J connectivity index is 1.60. The number of nitrogens with zero attached hydrogens (tertiary/aromatic N) is 4. The number of hydrogen-bond acceptors (Lipinski definition) is 7. The van der Waals surface area contributed by atoms with E-state index in [1.165, 1.54) is 10.9 Å². The molecule has 0 spiro atoms. The highest BCUT2D eigenvalue weighted by atomic mass is 16.6. The molecule has 1 aliphatic heterocycles. The predicted octanol–water partition coefficient (Wildman–Crippen LogP) is 0.410. The number of rotatable bonds is 5. The van der Waals surface area contributed by atoms with Gasteiger partial charge in [-0.15, -0.1) is 0 Å². The van der Waals surface area contributed by atoms with E-state index in [-0.39, 0.29) is 23.9 Å². The second-order valence-electron chi connectivity index (χ2n) is 4.96. The van der Waals surface area contributed by atoms with E-state index in [0.717, 1.165) is 6.20 Å². The van der Waals surface area contributed by atoms with Crippen molar-refractivity contribution >= 4 is 11.6 Å². The van der Waals surface area contributed by atoms with E-state index < -0.39 is 4.92 Å². The summed E-state index contributed by atoms with van der Waals surface area (Å²) in [7, 11) is 0. The summed E-state index contributed by atoms with van der Waals surface area (Å²) < 4.78 is 12.0. The van der Waals surface area contributed by atoms with Gasteiger partial charge in [-0.3, -0.25) is 25.0 Å². The van der Waals surface area contributed by atoms with Gasteiger partial charge in [0.2, 0.25) is 0 Å². The molecule has 3 heterocycles. The quantitative estimate of drug-likeness (QED) is 0.626. The van der Waals surface area contributed by atoms with Crippen LogP contribution in [0.3, 0.4) is 0 Å². The first-order valence-electron chi connectivity index (χ1n) is 7.01. The van der Waals surface area contributed by atoms with Gasteiger partial charge in [0.1, 0.15) is 18.2 Å². The number of nitro groups is 1. The molecule has 10 nitrogen and oxygen atoms in total. The minimum Gasteiger partial charge on any atom is -0.454 e. The highest BCUT2D eigenvalue weighted by molar-refractivity contribution is 5.91. The van der Waals surface area contributed by atoms with Gasteiger partial charge >= 0.3 is 11.6 Å². The van der Waals surface area contributed by atoms with E-state index in [4.69, 9.17) is 9.15 Å². The average molecular weight is 321 g/mol. The number of carbonyl (C=O) groups excluding carboxylic acids is 1. The molecule has 1 aliphatic rings. The normalized spacial score (nSPS) is 15.5. The Hall–Kier alpha value is -2.72. The number of ether oxygens (including phenoxy) is 1. The van der Waals surface area contributed by atoms with Crippen molar-refractivity contribution in [1.82, 2.24) is 20.2 Å². The molecule has 23 heavy (non-hydrogen) atoms. The Morgan fingerprint density at radius 1 is 1.39 bits per heavy atom. The third-order valence-corrected chi connectivity index (χ3v) is 3.30. The van der Waals surface area contributed by atoms with Crippen LogP contribution >= 0.6 is 0 Å². The van der Waals surface area contributed by atoms with Crippen LogP contribution in [0.15, 0.2) is 28.9 Å². The predicted molar refractivity (Wildman–Crippen MR) is 76.5 cm³/mol. The Morgan fingerprint density at radius 3 is 2.87 bits per heavy atom. The second-order valence-corrected chi connectivity index (χ2v) is 4.96. The number of morpholine rings is 1. The standard InChI is InChI=1S/C13H15N5O5/c19-13(15-16-3-5-22-6-4-16)12-2-1-11(23-12)9-17-8-10(7-14-17)18(20)21/h1-2,7-8H,3-6,9H2,(H,15,19). The molecule has 3 rings (SSSR count). The molecule has 10 heteroatoms. The summed E-state index contributed by atoms with van der Waals surface area (Å²) in [6, 6.07) is 3.20. The van der Waals surface area contributed by atoms with Crippen molar-refractivity contribution in [2.45, 2.75) is 6.54 Å². The summed E-state index contributed by atoms with van der Waals surface area (Å²) in [5.74, 6) is 0.313. The Kier molecular flexibility index (Phi) is 4.35. The molecule has 0 aromatic carbocycles. The number of hydrazine groups is 1. The van der Waals surface area contributed by atoms with Gasteiger partial charge in [0, 0.05) is 13.1 Å². The van der Waals surface area contributed by atoms with E-state index in [0.29, 0.717) is 32.1 Å². The first-order chi connectivity index (χ1) is 11.1. The Labute approximate surface area is 130 Å². The van der Waals surface area contributed by atoms with Crippen LogP contribution in [0, 0.1) is 10.1 Å². The van der Waals surface area contributed by atoms with Gasteiger partial charge in [-0.05, 0) is 12.1 Å². The smallest absolute Gasteiger partial charge is 0.307 e. The highest BCUT2D eigenvalue weighted by Crippen LogP contribution is 2.13. The number of aromatic nitrogens is 2. The van der Waals surface area contributed by atoms with Crippen molar-refractivity contribution in [3.8, 4) is 0 Å². The molecule has 1 amide bonds. The zero-order chi connectivity index (χ0) is 16.2. The average Bonchev–Trinajstić information content (AvgIpc) is 3.18. The Morgan fingerprint density at radius 2 is 2.17 bits per heavy atom. The monoisotopic (exact) mass is 321 g/mol. The van der Waals surface area contributed by atoms with Crippen molar-refractivity contribution < 1.29 is 18.9 Å². The van der Waals surface area contributed by atoms with E-state index in [1.807, 2.05) is 0 Å². The minimum atomic E-state index is -0.521. The number of furan rings is 1. The van der Waals surface area contributed by atoms with E-state index >= 15 is 0 Å². The van der Waals surface area contributed by atoms with E-state index in [2.05, 4.69) is 10.5 Å². The lowest BCUT2D eigenvalue weighted by Crippen LogP contribution is -2.48. The van der Waals surface area contributed by atoms with Crippen LogP contribution in [-0.2, 0) is 11.3 Å². The van der Waals surface area contributed by atoms with Gasteiger partial charge in [0.25, 0.3) is 0 Å². The van der Waals surface area contributed by atoms with E-state index in [1.54, 1.807) is 17.1 Å². The van der Waals surface area contributed by atoms with Crippen LogP contribution in [0.2, 0.25) is 0 Å². The topological polar surface area (TPSA) is 116 Å². The van der Waals surface area contributed by atoms with Gasteiger partial charge in [0.05, 0.1) is 24.7 Å². The van der Waals surface area contributed by atoms with E-state index in [9.17, 15) is 14.9 Å². The fourth-order valence-electron chi connectivity index (χ4n) is 2.15. The van der Waals surface area contributed by atoms with Crippen LogP contribution in [-0.4, -0.2) is 51.9 Å². The summed E-state index contributed by atoms with van der Waals surface area (Å²) in [5, 5.41) is 16.3. The maximum Gasteiger partial charge on any atom is 0.307 e. The number of carbonyl (C=O) groups is 1. The fraction of sp³-hybridized carbons (Fsp3) is 0.385. The van der Waals surface area contributed by atoms with Crippen LogP contribution in [0.4, 0.5) is 5.69 Å². The molecule has 0 atom stereocenters. The van der Waals surface area contributed by atoms with Gasteiger partial charge < -0.3 is 9.15 Å². The summed E-state index contributed by atoms with van der Waals surface area (Å²) in [6.07, 6.45) is 2.46. The molecule has 1 fully saturated rings. The summed E-state index contributed by atoms with van der Waals surface area (Å²) in [5.41, 5.74) is 2.64. The van der Waals surface area contributed by atoms with Crippen molar-refractivity contribution in [3.63, 3.8) is 0 Å². The molecule has 0 unspecified atom stereocenters. The van der Waals surface area contributed by atoms with Gasteiger partial charge in [0.15, 0.2) is 5.76 Å². The van der Waals surface area contributed by atoms with Crippen molar-refractivity contribution in [3.05, 3.63) is 46.2 Å². The van der Waals surface area contributed by atoms with Gasteiger partial charge in [-0.25, -0.2) is 5.01 Å². The van der Waals surface area contributed by atoms with Crippen LogP contribution in [0.25, 0.3) is 0 Å². The van der Waals surface area contributed by atoms with Crippen LogP contribution in [0.1, 0.15) is 16.3 Å². The Bertz CT molecular complexity index is 703.